The molecule has 0 saturated carbocycles. The number of Topliss-reactive ketones (excluding diaryl/α,β-unsaturated/α-hetero) is 1. The lowest BCUT2D eigenvalue weighted by Crippen LogP contribution is -2.42. The second kappa shape index (κ2) is 11.5. The third kappa shape index (κ3) is 5.57. The molecule has 12 nitrogen and oxygen atoms in total. The van der Waals surface area contributed by atoms with Gasteiger partial charge in [-0.3, -0.25) is 14.5 Å². The van der Waals surface area contributed by atoms with E-state index in [2.05, 4.69) is 26.7 Å². The maximum Gasteiger partial charge on any atom is 0.236 e. The summed E-state index contributed by atoms with van der Waals surface area (Å²) < 4.78 is 16.6. The minimum Gasteiger partial charge on any atom is -0.497 e. The molecule has 14 heteroatoms. The number of rotatable bonds is 8. The van der Waals surface area contributed by atoms with Gasteiger partial charge in [0.2, 0.25) is 11.0 Å². The van der Waals surface area contributed by atoms with Gasteiger partial charge in [0.25, 0.3) is 0 Å². The van der Waals surface area contributed by atoms with E-state index in [1.165, 1.54) is 30.2 Å². The zero-order chi connectivity index (χ0) is 30.2. The summed E-state index contributed by atoms with van der Waals surface area (Å²) in [6.07, 6.45) is 0.816. The highest BCUT2D eigenvalue weighted by Gasteiger charge is 2.46. The van der Waals surface area contributed by atoms with Crippen LogP contribution in [0.2, 0.25) is 0 Å². The molecular formula is C28H29N7O5S2. The van der Waals surface area contributed by atoms with E-state index < -0.39 is 5.92 Å². The molecule has 0 saturated heterocycles. The fourth-order valence-electron chi connectivity index (χ4n) is 5.19. The number of nitrogens with one attached hydrogen (secondary N) is 1. The second-order valence-corrected chi connectivity index (χ2v) is 12.8. The van der Waals surface area contributed by atoms with Crippen molar-refractivity contribution in [1.29, 1.82) is 5.26 Å². The van der Waals surface area contributed by atoms with Gasteiger partial charge in [0.15, 0.2) is 15.9 Å². The van der Waals surface area contributed by atoms with E-state index in [9.17, 15) is 14.9 Å². The number of ether oxygens (including phenoxy) is 2. The number of nitrogens with zero attached hydrogens (tertiary/aromatic N) is 5. The van der Waals surface area contributed by atoms with Crippen LogP contribution in [0.3, 0.4) is 0 Å². The standard InChI is InChI=1S/C28H29N7O5S2/c1-14-8-21(34-40-14)31-22(37)13-41-27-33-32-26(42-27)35-18-10-28(2,3)11-19(36)24(18)23(17(12-29)25(35)30)16-9-15(38-4)6-7-20(16)39-5/h6-9,23H,10-11,13,30H2,1-5H3,(H,31,34,37). The molecule has 2 aliphatic rings. The van der Waals surface area contributed by atoms with Crippen LogP contribution < -0.4 is 25.4 Å². The average molecular weight is 608 g/mol. The highest BCUT2D eigenvalue weighted by Crippen LogP contribution is 2.52. The van der Waals surface area contributed by atoms with E-state index in [-0.39, 0.29) is 34.3 Å². The Morgan fingerprint density at radius 1 is 1.29 bits per heavy atom. The molecular weight excluding hydrogens is 578 g/mol. The van der Waals surface area contributed by atoms with Gasteiger partial charge in [-0.1, -0.05) is 42.1 Å². The van der Waals surface area contributed by atoms with E-state index in [0.717, 1.165) is 0 Å². The molecule has 1 unspecified atom stereocenters. The van der Waals surface area contributed by atoms with Crippen molar-refractivity contribution >= 4 is 45.7 Å². The van der Waals surface area contributed by atoms with E-state index in [1.54, 1.807) is 43.2 Å². The van der Waals surface area contributed by atoms with Crippen LogP contribution in [0.5, 0.6) is 11.5 Å². The van der Waals surface area contributed by atoms with E-state index in [4.69, 9.17) is 19.7 Å². The number of nitrogens with two attached hydrogens (primary N) is 1. The number of carbonyl (C=O) groups excluding carboxylic acids is 2. The van der Waals surface area contributed by atoms with E-state index in [1.807, 2.05) is 13.8 Å². The average Bonchev–Trinajstić information content (AvgIpc) is 3.58. The van der Waals surface area contributed by atoms with E-state index in [0.29, 0.717) is 62.2 Å². The number of allylic oxidation sites excluding steroid dienone is 3. The molecule has 0 spiro atoms. The summed E-state index contributed by atoms with van der Waals surface area (Å²) in [4.78, 5) is 27.9. The number of hydrogen-bond donors (Lipinski definition) is 2. The number of ketones is 1. The quantitative estimate of drug-likeness (QED) is 0.344. The molecule has 0 fully saturated rings. The lowest BCUT2D eigenvalue weighted by molar-refractivity contribution is -0.118. The number of anilines is 2. The van der Waals surface area contributed by atoms with Crippen molar-refractivity contribution in [1.82, 2.24) is 15.4 Å². The van der Waals surface area contributed by atoms with Crippen LogP contribution in [-0.2, 0) is 9.59 Å². The summed E-state index contributed by atoms with van der Waals surface area (Å²) in [7, 11) is 3.08. The molecule has 218 valence electrons. The van der Waals surface area contributed by atoms with Gasteiger partial charge in [-0.25, -0.2) is 0 Å². The zero-order valence-electron chi connectivity index (χ0n) is 23.7. The molecule has 2 aromatic heterocycles. The first-order valence-corrected chi connectivity index (χ1v) is 14.7. The fourth-order valence-corrected chi connectivity index (χ4v) is 6.87. The molecule has 5 rings (SSSR count). The molecule has 1 aliphatic heterocycles. The van der Waals surface area contributed by atoms with Crippen molar-refractivity contribution in [2.75, 3.05) is 30.2 Å². The van der Waals surface area contributed by atoms with Crippen LogP contribution in [0.1, 0.15) is 43.9 Å². The molecule has 3 heterocycles. The van der Waals surface area contributed by atoms with Gasteiger partial charge in [-0.2, -0.15) is 5.26 Å². The highest BCUT2D eigenvalue weighted by atomic mass is 32.2. The van der Waals surface area contributed by atoms with Crippen molar-refractivity contribution in [3.8, 4) is 17.6 Å². The number of benzene rings is 1. The molecule has 1 amide bonds. The van der Waals surface area contributed by atoms with Gasteiger partial charge in [-0.05, 0) is 37.0 Å². The number of aryl methyl sites for hydroxylation is 1. The lowest BCUT2D eigenvalue weighted by atomic mass is 9.68. The predicted octanol–water partition coefficient (Wildman–Crippen LogP) is 4.52. The Hall–Kier alpha value is -4.35. The number of nitriles is 1. The van der Waals surface area contributed by atoms with Crippen LogP contribution in [0, 0.1) is 23.7 Å². The first-order chi connectivity index (χ1) is 20.0. The number of methoxy groups -OCH3 is 2. The summed E-state index contributed by atoms with van der Waals surface area (Å²) >= 11 is 2.41. The molecule has 0 bridgehead atoms. The molecule has 0 radical (unpaired) electrons. The number of aromatic nitrogens is 3. The Labute approximate surface area is 250 Å². The molecule has 1 aromatic carbocycles. The van der Waals surface area contributed by atoms with Crippen LogP contribution in [0.4, 0.5) is 10.9 Å². The molecule has 3 N–H and O–H groups in total. The van der Waals surface area contributed by atoms with Crippen molar-refractivity contribution in [2.45, 2.75) is 43.9 Å². The normalized spacial score (nSPS) is 18.0. The Bertz CT molecular complexity index is 1670. The van der Waals surface area contributed by atoms with Gasteiger partial charge in [0.1, 0.15) is 23.1 Å². The molecule has 1 atom stereocenters. The van der Waals surface area contributed by atoms with E-state index >= 15 is 0 Å². The topological polar surface area (TPSA) is 169 Å². The third-order valence-electron chi connectivity index (χ3n) is 6.94. The summed E-state index contributed by atoms with van der Waals surface area (Å²) in [5, 5.41) is 25.8. The Balaban J connectivity index is 1.53. The van der Waals surface area contributed by atoms with Gasteiger partial charge in [0, 0.05) is 29.3 Å². The van der Waals surface area contributed by atoms with Crippen LogP contribution in [0.25, 0.3) is 0 Å². The maximum absolute atomic E-state index is 13.8. The minimum atomic E-state index is -0.750. The first kappa shape index (κ1) is 29.2. The highest BCUT2D eigenvalue weighted by molar-refractivity contribution is 8.01. The van der Waals surface area contributed by atoms with Crippen molar-refractivity contribution < 1.29 is 23.6 Å². The van der Waals surface area contributed by atoms with Crippen LogP contribution >= 0.6 is 23.1 Å². The smallest absolute Gasteiger partial charge is 0.236 e. The largest absolute Gasteiger partial charge is 0.497 e. The Morgan fingerprint density at radius 3 is 2.74 bits per heavy atom. The zero-order valence-corrected chi connectivity index (χ0v) is 25.3. The van der Waals surface area contributed by atoms with Crippen molar-refractivity contribution in [3.05, 3.63) is 58.3 Å². The van der Waals surface area contributed by atoms with Crippen molar-refractivity contribution in [3.63, 3.8) is 0 Å². The number of thioether (sulfide) groups is 1. The summed E-state index contributed by atoms with van der Waals surface area (Å²) in [5.41, 5.74) is 8.31. The summed E-state index contributed by atoms with van der Waals surface area (Å²) in [5.74, 6) is 1.08. The van der Waals surface area contributed by atoms with Crippen LogP contribution in [-0.4, -0.2) is 47.0 Å². The summed E-state index contributed by atoms with van der Waals surface area (Å²) in [6.45, 7) is 5.77. The van der Waals surface area contributed by atoms with Crippen molar-refractivity contribution in [2.24, 2.45) is 11.1 Å². The number of amides is 1. The molecule has 1 aliphatic carbocycles. The van der Waals surface area contributed by atoms with Gasteiger partial charge >= 0.3 is 0 Å². The summed E-state index contributed by atoms with van der Waals surface area (Å²) in [6, 6.07) is 9.15. The van der Waals surface area contributed by atoms with Gasteiger partial charge in [-0.15, -0.1) is 10.2 Å². The predicted molar refractivity (Wildman–Crippen MR) is 157 cm³/mol. The van der Waals surface area contributed by atoms with Gasteiger partial charge in [0.05, 0.1) is 37.5 Å². The Kier molecular flexibility index (Phi) is 7.98. The third-order valence-corrected chi connectivity index (χ3v) is 8.98. The maximum atomic E-state index is 13.8. The lowest BCUT2D eigenvalue weighted by Gasteiger charge is -2.42. The minimum absolute atomic E-state index is 0.0620. The fraction of sp³-hybridized carbons (Fsp3) is 0.357. The SMILES string of the molecule is COc1ccc(OC)c(C2C(C#N)=C(N)N(c3nnc(SCC(=O)Nc4cc(C)on4)s3)C3=C2C(=O)CC(C)(C)C3)c1. The van der Waals surface area contributed by atoms with Gasteiger partial charge < -0.3 is 25.0 Å². The molecule has 3 aromatic rings. The van der Waals surface area contributed by atoms with Crippen LogP contribution in [0.15, 0.2) is 55.8 Å². The Morgan fingerprint density at radius 2 is 2.07 bits per heavy atom. The monoisotopic (exact) mass is 607 g/mol. The second-order valence-electron chi connectivity index (χ2n) is 10.6. The first-order valence-electron chi connectivity index (χ1n) is 12.9. The molecule has 42 heavy (non-hydrogen) atoms. The number of hydrogen-bond acceptors (Lipinski definition) is 13. The number of carbonyl (C=O) groups is 2.